The standard InChI is InChI=1S/C14H13N5O3/c1-7-3-10(16-6-15-7)19-14-13(8(2)18-19)9(5-12(21)22)4-11(20)17-14/h3-4,6H,5H2,1-2H3,(H,17,20)(H,21,22). The molecule has 3 aromatic heterocycles. The lowest BCUT2D eigenvalue weighted by atomic mass is 10.1. The third-order valence-electron chi connectivity index (χ3n) is 3.28. The van der Waals surface area contributed by atoms with Crippen molar-refractivity contribution >= 4 is 17.0 Å². The molecule has 0 aliphatic carbocycles. The Labute approximate surface area is 124 Å². The van der Waals surface area contributed by atoms with Crippen LogP contribution in [0.3, 0.4) is 0 Å². The molecule has 112 valence electrons. The number of H-pyrrole nitrogens is 1. The van der Waals surface area contributed by atoms with Crippen LogP contribution in [0.2, 0.25) is 0 Å². The molecule has 8 heteroatoms. The van der Waals surface area contributed by atoms with Crippen molar-refractivity contribution in [2.24, 2.45) is 0 Å². The first-order valence-corrected chi connectivity index (χ1v) is 6.58. The second kappa shape index (κ2) is 5.06. The Morgan fingerprint density at radius 3 is 2.77 bits per heavy atom. The molecule has 0 aromatic carbocycles. The molecule has 0 spiro atoms. The largest absolute Gasteiger partial charge is 0.481 e. The topological polar surface area (TPSA) is 114 Å². The van der Waals surface area contributed by atoms with E-state index in [1.807, 2.05) is 6.92 Å². The lowest BCUT2D eigenvalue weighted by Gasteiger charge is -2.04. The summed E-state index contributed by atoms with van der Waals surface area (Å²) >= 11 is 0. The number of hydrogen-bond acceptors (Lipinski definition) is 5. The zero-order valence-corrected chi connectivity index (χ0v) is 12.0. The Kier molecular flexibility index (Phi) is 3.21. The lowest BCUT2D eigenvalue weighted by Crippen LogP contribution is -2.11. The van der Waals surface area contributed by atoms with Crippen LogP contribution in [-0.4, -0.2) is 35.8 Å². The number of aromatic nitrogens is 5. The fraction of sp³-hybridized carbons (Fsp3) is 0.214. The van der Waals surface area contributed by atoms with E-state index in [0.717, 1.165) is 5.69 Å². The highest BCUT2D eigenvalue weighted by molar-refractivity contribution is 5.86. The van der Waals surface area contributed by atoms with E-state index >= 15 is 0 Å². The van der Waals surface area contributed by atoms with Crippen molar-refractivity contribution in [1.29, 1.82) is 0 Å². The van der Waals surface area contributed by atoms with E-state index in [1.165, 1.54) is 17.1 Å². The maximum atomic E-state index is 11.8. The molecule has 22 heavy (non-hydrogen) atoms. The van der Waals surface area contributed by atoms with E-state index in [2.05, 4.69) is 20.1 Å². The number of carbonyl (C=O) groups is 1. The third-order valence-corrected chi connectivity index (χ3v) is 3.28. The quantitative estimate of drug-likeness (QED) is 0.737. The van der Waals surface area contributed by atoms with Gasteiger partial charge in [-0.1, -0.05) is 0 Å². The SMILES string of the molecule is Cc1cc(-n2nc(C)c3c(CC(=O)O)cc(=O)[nH]c32)ncn1. The number of aromatic amines is 1. The molecule has 0 aliphatic heterocycles. The summed E-state index contributed by atoms with van der Waals surface area (Å²) < 4.78 is 1.49. The van der Waals surface area contributed by atoms with Crippen molar-refractivity contribution in [3.63, 3.8) is 0 Å². The van der Waals surface area contributed by atoms with Crippen LogP contribution in [0.25, 0.3) is 16.9 Å². The molecule has 0 saturated carbocycles. The monoisotopic (exact) mass is 299 g/mol. The zero-order valence-electron chi connectivity index (χ0n) is 12.0. The van der Waals surface area contributed by atoms with Crippen LogP contribution >= 0.6 is 0 Å². The number of aliphatic carboxylic acids is 1. The van der Waals surface area contributed by atoms with E-state index in [1.54, 1.807) is 13.0 Å². The Morgan fingerprint density at radius 1 is 1.32 bits per heavy atom. The molecule has 0 aliphatic rings. The Bertz CT molecular complexity index is 941. The number of nitrogens with one attached hydrogen (secondary N) is 1. The molecule has 0 atom stereocenters. The molecule has 8 nitrogen and oxygen atoms in total. The molecule has 0 fully saturated rings. The molecule has 3 rings (SSSR count). The van der Waals surface area contributed by atoms with Gasteiger partial charge < -0.3 is 10.1 Å². The number of carboxylic acids is 1. The van der Waals surface area contributed by atoms with Gasteiger partial charge in [0.15, 0.2) is 5.82 Å². The second-order valence-corrected chi connectivity index (χ2v) is 4.97. The highest BCUT2D eigenvalue weighted by Crippen LogP contribution is 2.22. The number of rotatable bonds is 3. The van der Waals surface area contributed by atoms with E-state index in [0.29, 0.717) is 28.1 Å². The van der Waals surface area contributed by atoms with Crippen molar-refractivity contribution < 1.29 is 9.90 Å². The maximum absolute atomic E-state index is 11.8. The van der Waals surface area contributed by atoms with Gasteiger partial charge >= 0.3 is 5.97 Å². The van der Waals surface area contributed by atoms with Gasteiger partial charge in [0.1, 0.15) is 12.0 Å². The molecule has 0 saturated heterocycles. The molecule has 3 heterocycles. The molecule has 3 aromatic rings. The summed E-state index contributed by atoms with van der Waals surface area (Å²) in [5, 5.41) is 14.0. The summed E-state index contributed by atoms with van der Waals surface area (Å²) in [6.45, 7) is 3.58. The number of pyridine rings is 1. The van der Waals surface area contributed by atoms with Gasteiger partial charge in [-0.2, -0.15) is 9.78 Å². The van der Waals surface area contributed by atoms with Crippen LogP contribution in [0.4, 0.5) is 0 Å². The smallest absolute Gasteiger partial charge is 0.307 e. The lowest BCUT2D eigenvalue weighted by molar-refractivity contribution is -0.136. The van der Waals surface area contributed by atoms with Crippen LogP contribution in [0.1, 0.15) is 17.0 Å². The first kappa shape index (κ1) is 13.9. The number of aryl methyl sites for hydroxylation is 2. The molecule has 0 unspecified atom stereocenters. The van der Waals surface area contributed by atoms with E-state index in [4.69, 9.17) is 5.11 Å². The summed E-state index contributed by atoms with van der Waals surface area (Å²) in [7, 11) is 0. The first-order chi connectivity index (χ1) is 10.5. The second-order valence-electron chi connectivity index (χ2n) is 4.97. The van der Waals surface area contributed by atoms with Gasteiger partial charge in [0.2, 0.25) is 5.56 Å². The summed E-state index contributed by atoms with van der Waals surface area (Å²) in [5.41, 5.74) is 1.87. The van der Waals surface area contributed by atoms with Gasteiger partial charge in [0, 0.05) is 23.2 Å². The predicted molar refractivity (Wildman–Crippen MR) is 78.1 cm³/mol. The minimum Gasteiger partial charge on any atom is -0.481 e. The molecule has 0 radical (unpaired) electrons. The number of fused-ring (bicyclic) bond motifs is 1. The van der Waals surface area contributed by atoms with Crippen LogP contribution in [0.5, 0.6) is 0 Å². The van der Waals surface area contributed by atoms with Crippen LogP contribution < -0.4 is 5.56 Å². The Hall–Kier alpha value is -3.03. The first-order valence-electron chi connectivity index (χ1n) is 6.58. The van der Waals surface area contributed by atoms with Crippen molar-refractivity contribution in [2.75, 3.05) is 0 Å². The molecule has 2 N–H and O–H groups in total. The zero-order chi connectivity index (χ0) is 15.9. The normalized spacial score (nSPS) is 11.0. The molecular weight excluding hydrogens is 286 g/mol. The van der Waals surface area contributed by atoms with Gasteiger partial charge in [-0.3, -0.25) is 9.59 Å². The summed E-state index contributed by atoms with van der Waals surface area (Å²) in [6, 6.07) is 3.02. The van der Waals surface area contributed by atoms with Gasteiger partial charge in [-0.15, -0.1) is 0 Å². The van der Waals surface area contributed by atoms with Gasteiger partial charge in [-0.05, 0) is 19.4 Å². The highest BCUT2D eigenvalue weighted by Gasteiger charge is 2.17. The fourth-order valence-electron chi connectivity index (χ4n) is 2.43. The van der Waals surface area contributed by atoms with Crippen LogP contribution in [0, 0.1) is 13.8 Å². The minimum atomic E-state index is -1.00. The maximum Gasteiger partial charge on any atom is 0.307 e. The molecule has 0 bridgehead atoms. The molecule has 0 amide bonds. The summed E-state index contributed by atoms with van der Waals surface area (Å²) in [4.78, 5) is 33.7. The van der Waals surface area contributed by atoms with Crippen LogP contribution in [-0.2, 0) is 11.2 Å². The summed E-state index contributed by atoms with van der Waals surface area (Å²) in [6.07, 6.45) is 1.17. The highest BCUT2D eigenvalue weighted by atomic mass is 16.4. The van der Waals surface area contributed by atoms with Crippen molar-refractivity contribution in [3.05, 3.63) is 45.8 Å². The van der Waals surface area contributed by atoms with E-state index in [-0.39, 0.29) is 12.0 Å². The minimum absolute atomic E-state index is 0.240. The summed E-state index contributed by atoms with van der Waals surface area (Å²) in [5.74, 6) is -0.495. The van der Waals surface area contributed by atoms with Crippen molar-refractivity contribution in [2.45, 2.75) is 20.3 Å². The van der Waals surface area contributed by atoms with Gasteiger partial charge in [0.05, 0.1) is 12.1 Å². The average molecular weight is 299 g/mol. The third kappa shape index (κ3) is 2.34. The Balaban J connectivity index is 2.32. The van der Waals surface area contributed by atoms with Gasteiger partial charge in [0.25, 0.3) is 0 Å². The number of hydrogen-bond donors (Lipinski definition) is 2. The number of carboxylic acid groups (broad SMARTS) is 1. The Morgan fingerprint density at radius 2 is 2.09 bits per heavy atom. The molecular formula is C14H13N5O3. The van der Waals surface area contributed by atoms with Crippen LogP contribution in [0.15, 0.2) is 23.3 Å². The predicted octanol–water partition coefficient (Wildman–Crippen LogP) is 0.748. The fourth-order valence-corrected chi connectivity index (χ4v) is 2.43. The van der Waals surface area contributed by atoms with Crippen molar-refractivity contribution in [1.82, 2.24) is 24.7 Å². The average Bonchev–Trinajstić information content (AvgIpc) is 2.75. The van der Waals surface area contributed by atoms with E-state index < -0.39 is 5.97 Å². The van der Waals surface area contributed by atoms with Gasteiger partial charge in [-0.25, -0.2) is 9.97 Å². The number of nitrogens with zero attached hydrogens (tertiary/aromatic N) is 4. The van der Waals surface area contributed by atoms with E-state index in [9.17, 15) is 9.59 Å². The van der Waals surface area contributed by atoms with Crippen molar-refractivity contribution in [3.8, 4) is 5.82 Å².